The number of halogens is 1. The number of hydrogen-bond donors (Lipinski definition) is 1. The van der Waals surface area contributed by atoms with E-state index in [1.807, 2.05) is 37.0 Å². The molecule has 0 fully saturated rings. The molecule has 0 aliphatic heterocycles. The van der Waals surface area contributed by atoms with Gasteiger partial charge in [-0.15, -0.1) is 0 Å². The van der Waals surface area contributed by atoms with Gasteiger partial charge in [-0.3, -0.25) is 4.68 Å². The Kier molecular flexibility index (Phi) is 4.00. The van der Waals surface area contributed by atoms with E-state index in [4.69, 9.17) is 0 Å². The third-order valence-electron chi connectivity index (χ3n) is 3.39. The van der Waals surface area contributed by atoms with Gasteiger partial charge in [-0.2, -0.15) is 5.10 Å². The topological polar surface area (TPSA) is 29.9 Å². The minimum atomic E-state index is -0.202. The molecule has 0 bridgehead atoms. The molecule has 1 aromatic carbocycles. The summed E-state index contributed by atoms with van der Waals surface area (Å²) in [5, 5.41) is 7.86. The van der Waals surface area contributed by atoms with E-state index in [1.165, 1.54) is 17.7 Å². The van der Waals surface area contributed by atoms with Crippen molar-refractivity contribution in [2.45, 2.75) is 32.9 Å². The molecule has 102 valence electrons. The van der Waals surface area contributed by atoms with Gasteiger partial charge in [0.15, 0.2) is 0 Å². The second-order valence-electron chi connectivity index (χ2n) is 5.01. The molecule has 1 aromatic heterocycles. The van der Waals surface area contributed by atoms with Crippen LogP contribution >= 0.6 is 0 Å². The standard InChI is InChI=1S/C15H20FN3/c1-10(13-5-7-14(16)8-6-13)17-11(2)15-9-19(4)18-12(15)3/h5-11,17H,1-4H3. The first-order valence-corrected chi connectivity index (χ1v) is 6.49. The summed E-state index contributed by atoms with van der Waals surface area (Å²) >= 11 is 0. The molecule has 0 amide bonds. The average Bonchev–Trinajstić information content (AvgIpc) is 2.69. The maximum Gasteiger partial charge on any atom is 0.123 e. The van der Waals surface area contributed by atoms with Gasteiger partial charge in [0.25, 0.3) is 0 Å². The number of aromatic nitrogens is 2. The first kappa shape index (κ1) is 13.7. The fourth-order valence-electron chi connectivity index (χ4n) is 2.36. The number of rotatable bonds is 4. The van der Waals surface area contributed by atoms with Crippen LogP contribution in [0.25, 0.3) is 0 Å². The number of hydrogen-bond acceptors (Lipinski definition) is 2. The van der Waals surface area contributed by atoms with Crippen LogP contribution in [0.15, 0.2) is 30.5 Å². The molecule has 1 heterocycles. The minimum absolute atomic E-state index is 0.162. The van der Waals surface area contributed by atoms with Crippen LogP contribution in [-0.4, -0.2) is 9.78 Å². The Balaban J connectivity index is 2.08. The van der Waals surface area contributed by atoms with Crippen LogP contribution in [0.5, 0.6) is 0 Å². The summed E-state index contributed by atoms with van der Waals surface area (Å²) in [6.45, 7) is 6.20. The lowest BCUT2D eigenvalue weighted by Gasteiger charge is -2.20. The molecular weight excluding hydrogens is 241 g/mol. The fraction of sp³-hybridized carbons (Fsp3) is 0.400. The number of benzene rings is 1. The van der Waals surface area contributed by atoms with Gasteiger partial charge in [-0.25, -0.2) is 4.39 Å². The van der Waals surface area contributed by atoms with Crippen LogP contribution in [0.1, 0.15) is 42.8 Å². The lowest BCUT2D eigenvalue weighted by atomic mass is 10.0. The fourth-order valence-corrected chi connectivity index (χ4v) is 2.36. The molecule has 2 aromatic rings. The summed E-state index contributed by atoms with van der Waals surface area (Å²) in [5.41, 5.74) is 3.31. The number of aryl methyl sites for hydroxylation is 2. The summed E-state index contributed by atoms with van der Waals surface area (Å²) in [4.78, 5) is 0. The van der Waals surface area contributed by atoms with Gasteiger partial charge in [0, 0.05) is 30.9 Å². The van der Waals surface area contributed by atoms with Gasteiger partial charge >= 0.3 is 0 Å². The predicted molar refractivity (Wildman–Crippen MR) is 74.3 cm³/mol. The van der Waals surface area contributed by atoms with E-state index in [9.17, 15) is 4.39 Å². The normalized spacial score (nSPS) is 14.4. The van der Waals surface area contributed by atoms with E-state index in [0.29, 0.717) is 0 Å². The zero-order valence-electron chi connectivity index (χ0n) is 11.8. The summed E-state index contributed by atoms with van der Waals surface area (Å²) in [5.74, 6) is -0.202. The Morgan fingerprint density at radius 2 is 1.79 bits per heavy atom. The highest BCUT2D eigenvalue weighted by Gasteiger charge is 2.15. The van der Waals surface area contributed by atoms with Crippen molar-refractivity contribution in [1.29, 1.82) is 0 Å². The average molecular weight is 261 g/mol. The Morgan fingerprint density at radius 1 is 1.16 bits per heavy atom. The second-order valence-corrected chi connectivity index (χ2v) is 5.01. The summed E-state index contributed by atoms with van der Waals surface area (Å²) in [7, 11) is 1.92. The number of nitrogens with one attached hydrogen (secondary N) is 1. The van der Waals surface area contributed by atoms with Crippen LogP contribution in [0.3, 0.4) is 0 Å². The van der Waals surface area contributed by atoms with Crippen LogP contribution in [-0.2, 0) is 7.05 Å². The van der Waals surface area contributed by atoms with E-state index in [-0.39, 0.29) is 17.9 Å². The molecule has 19 heavy (non-hydrogen) atoms. The molecular formula is C15H20FN3. The van der Waals surface area contributed by atoms with Gasteiger partial charge in [0.1, 0.15) is 5.82 Å². The van der Waals surface area contributed by atoms with Crippen molar-refractivity contribution in [3.63, 3.8) is 0 Å². The van der Waals surface area contributed by atoms with E-state index < -0.39 is 0 Å². The van der Waals surface area contributed by atoms with Crippen molar-refractivity contribution in [2.75, 3.05) is 0 Å². The predicted octanol–water partition coefficient (Wildman–Crippen LogP) is 3.28. The summed E-state index contributed by atoms with van der Waals surface area (Å²) in [6, 6.07) is 6.98. The highest BCUT2D eigenvalue weighted by molar-refractivity contribution is 5.22. The van der Waals surface area contributed by atoms with Gasteiger partial charge in [0.05, 0.1) is 5.69 Å². The number of nitrogens with zero attached hydrogens (tertiary/aromatic N) is 2. The summed E-state index contributed by atoms with van der Waals surface area (Å²) < 4.78 is 14.7. The van der Waals surface area contributed by atoms with Crippen molar-refractivity contribution in [2.24, 2.45) is 7.05 Å². The minimum Gasteiger partial charge on any atom is -0.304 e. The lowest BCUT2D eigenvalue weighted by Crippen LogP contribution is -2.22. The highest BCUT2D eigenvalue weighted by atomic mass is 19.1. The lowest BCUT2D eigenvalue weighted by molar-refractivity contribution is 0.492. The molecule has 2 atom stereocenters. The van der Waals surface area contributed by atoms with Crippen LogP contribution in [0.2, 0.25) is 0 Å². The van der Waals surface area contributed by atoms with E-state index in [0.717, 1.165) is 11.3 Å². The summed E-state index contributed by atoms with van der Waals surface area (Å²) in [6.07, 6.45) is 2.03. The maximum absolute atomic E-state index is 12.9. The van der Waals surface area contributed by atoms with Crippen molar-refractivity contribution < 1.29 is 4.39 Å². The third kappa shape index (κ3) is 3.20. The van der Waals surface area contributed by atoms with Crippen LogP contribution < -0.4 is 5.32 Å². The van der Waals surface area contributed by atoms with Gasteiger partial charge in [-0.1, -0.05) is 12.1 Å². The molecule has 3 nitrogen and oxygen atoms in total. The smallest absolute Gasteiger partial charge is 0.123 e. The third-order valence-corrected chi connectivity index (χ3v) is 3.39. The molecule has 0 spiro atoms. The monoisotopic (exact) mass is 261 g/mol. The van der Waals surface area contributed by atoms with Crippen molar-refractivity contribution in [3.05, 3.63) is 53.1 Å². The second kappa shape index (κ2) is 5.53. The molecule has 0 saturated carbocycles. The SMILES string of the molecule is Cc1nn(C)cc1C(C)NC(C)c1ccc(F)cc1. The molecule has 4 heteroatoms. The van der Waals surface area contributed by atoms with Crippen molar-refractivity contribution in [1.82, 2.24) is 15.1 Å². The first-order chi connectivity index (χ1) is 8.97. The Labute approximate surface area is 113 Å². The van der Waals surface area contributed by atoms with E-state index >= 15 is 0 Å². The first-order valence-electron chi connectivity index (χ1n) is 6.49. The molecule has 1 N–H and O–H groups in total. The molecule has 0 aliphatic rings. The van der Waals surface area contributed by atoms with E-state index in [1.54, 1.807) is 0 Å². The van der Waals surface area contributed by atoms with Gasteiger partial charge in [0.2, 0.25) is 0 Å². The van der Waals surface area contributed by atoms with Crippen LogP contribution in [0.4, 0.5) is 4.39 Å². The Hall–Kier alpha value is -1.68. The Morgan fingerprint density at radius 3 is 2.32 bits per heavy atom. The molecule has 0 radical (unpaired) electrons. The van der Waals surface area contributed by atoms with Gasteiger partial charge < -0.3 is 5.32 Å². The molecule has 0 aliphatic carbocycles. The van der Waals surface area contributed by atoms with Crippen molar-refractivity contribution in [3.8, 4) is 0 Å². The largest absolute Gasteiger partial charge is 0.304 e. The van der Waals surface area contributed by atoms with Crippen molar-refractivity contribution >= 4 is 0 Å². The van der Waals surface area contributed by atoms with Crippen LogP contribution in [0, 0.1) is 12.7 Å². The molecule has 0 saturated heterocycles. The zero-order valence-corrected chi connectivity index (χ0v) is 11.8. The quantitative estimate of drug-likeness (QED) is 0.915. The Bertz CT molecular complexity index is 545. The molecule has 2 rings (SSSR count). The molecule has 2 unspecified atom stereocenters. The highest BCUT2D eigenvalue weighted by Crippen LogP contribution is 2.21. The van der Waals surface area contributed by atoms with Gasteiger partial charge in [-0.05, 0) is 38.5 Å². The zero-order chi connectivity index (χ0) is 14.0. The van der Waals surface area contributed by atoms with E-state index in [2.05, 4.69) is 24.3 Å². The maximum atomic E-state index is 12.9.